The molecule has 0 N–H and O–H groups in total. The first-order chi connectivity index (χ1) is 14.4. The molecular weight excluding hydrogens is 424 g/mol. The van der Waals surface area contributed by atoms with Crippen molar-refractivity contribution in [3.05, 3.63) is 54.6 Å². The third-order valence-corrected chi connectivity index (χ3v) is 8.23. The molecule has 1 amide bonds. The minimum Gasteiger partial charge on any atom is -0.495 e. The van der Waals surface area contributed by atoms with Gasteiger partial charge in [-0.3, -0.25) is 4.79 Å². The summed E-state index contributed by atoms with van der Waals surface area (Å²) in [5.41, 5.74) is 0.695. The van der Waals surface area contributed by atoms with Crippen molar-refractivity contribution < 1.29 is 22.7 Å². The maximum absolute atomic E-state index is 12.8. The maximum Gasteiger partial charge on any atom is 0.288 e. The molecule has 30 heavy (non-hydrogen) atoms. The number of para-hydroxylation sites is 3. The molecule has 2 aromatic rings. The van der Waals surface area contributed by atoms with Crippen LogP contribution < -0.4 is 14.4 Å². The molecule has 0 saturated carbocycles. The molecule has 0 aliphatic carbocycles. The van der Waals surface area contributed by atoms with Crippen LogP contribution in [0.1, 0.15) is 6.92 Å². The van der Waals surface area contributed by atoms with Crippen LogP contribution in [0.15, 0.2) is 59.6 Å². The monoisotopic (exact) mass is 446 g/mol. The van der Waals surface area contributed by atoms with Gasteiger partial charge in [-0.15, -0.1) is 0 Å². The number of fused-ring (bicyclic) bond motifs is 1. The number of rotatable bonds is 5. The second kappa shape index (κ2) is 8.31. The van der Waals surface area contributed by atoms with Gasteiger partial charge in [-0.25, -0.2) is 8.42 Å². The van der Waals surface area contributed by atoms with Crippen LogP contribution in [0.2, 0.25) is 0 Å². The van der Waals surface area contributed by atoms with Crippen LogP contribution in [0.4, 0.5) is 5.69 Å². The molecule has 0 spiro atoms. The fourth-order valence-electron chi connectivity index (χ4n) is 3.61. The van der Waals surface area contributed by atoms with Gasteiger partial charge in [0.25, 0.3) is 5.91 Å². The van der Waals surface area contributed by atoms with E-state index in [1.165, 1.54) is 11.8 Å². The third kappa shape index (κ3) is 4.17. The van der Waals surface area contributed by atoms with Gasteiger partial charge in [0.05, 0.1) is 30.3 Å². The lowest BCUT2D eigenvalue weighted by atomic mass is 10.2. The predicted octanol–water partition coefficient (Wildman–Crippen LogP) is 2.76. The van der Waals surface area contributed by atoms with E-state index in [4.69, 9.17) is 9.47 Å². The molecular formula is C21H22N2O5S2. The Hall–Kier alpha value is -2.52. The van der Waals surface area contributed by atoms with Crippen molar-refractivity contribution in [1.82, 2.24) is 0 Å². The number of carbonyl (C=O) groups excluding carboxylic acids is 1. The first kappa shape index (κ1) is 20.7. The number of aliphatic imine (C=N–C) groups is 1. The van der Waals surface area contributed by atoms with Crippen LogP contribution in [0.5, 0.6) is 11.5 Å². The molecule has 2 aromatic carbocycles. The number of carbonyl (C=O) groups is 1. The average Bonchev–Trinajstić information content (AvgIpc) is 3.19. The highest BCUT2D eigenvalue weighted by molar-refractivity contribution is 8.16. The number of ether oxygens (including phenoxy) is 2. The Balaban J connectivity index is 1.64. The highest BCUT2D eigenvalue weighted by atomic mass is 32.2. The number of benzene rings is 2. The van der Waals surface area contributed by atoms with E-state index in [-0.39, 0.29) is 22.8 Å². The average molecular weight is 447 g/mol. The summed E-state index contributed by atoms with van der Waals surface area (Å²) in [6.45, 7) is 1.65. The molecule has 2 aliphatic rings. The van der Waals surface area contributed by atoms with E-state index >= 15 is 0 Å². The molecule has 7 nitrogen and oxygen atoms in total. The zero-order chi connectivity index (χ0) is 21.3. The summed E-state index contributed by atoms with van der Waals surface area (Å²) in [5.74, 6) is 0.839. The summed E-state index contributed by atoms with van der Waals surface area (Å²) in [6, 6.07) is 16.1. The number of anilines is 1. The smallest absolute Gasteiger partial charge is 0.288 e. The summed E-state index contributed by atoms with van der Waals surface area (Å²) < 4.78 is 35.6. The van der Waals surface area contributed by atoms with Crippen molar-refractivity contribution in [3.8, 4) is 11.5 Å². The van der Waals surface area contributed by atoms with Crippen molar-refractivity contribution in [3.63, 3.8) is 0 Å². The van der Waals surface area contributed by atoms with Crippen LogP contribution >= 0.6 is 11.8 Å². The Morgan fingerprint density at radius 2 is 1.83 bits per heavy atom. The van der Waals surface area contributed by atoms with E-state index in [9.17, 15) is 13.2 Å². The number of hydrogen-bond acceptors (Lipinski definition) is 6. The predicted molar refractivity (Wildman–Crippen MR) is 118 cm³/mol. The number of amides is 1. The zero-order valence-electron chi connectivity index (χ0n) is 16.6. The number of methoxy groups -OCH3 is 1. The molecule has 2 aliphatic heterocycles. The van der Waals surface area contributed by atoms with Gasteiger partial charge in [-0.1, -0.05) is 42.1 Å². The van der Waals surface area contributed by atoms with Crippen LogP contribution in [-0.2, 0) is 14.6 Å². The Morgan fingerprint density at radius 1 is 1.13 bits per heavy atom. The molecule has 2 heterocycles. The van der Waals surface area contributed by atoms with Crippen LogP contribution in [0.25, 0.3) is 0 Å². The van der Waals surface area contributed by atoms with E-state index in [1.54, 1.807) is 32.2 Å². The third-order valence-electron chi connectivity index (χ3n) is 5.02. The summed E-state index contributed by atoms with van der Waals surface area (Å²) in [6.07, 6.45) is -0.774. The first-order valence-corrected chi connectivity index (χ1v) is 12.2. The largest absolute Gasteiger partial charge is 0.495 e. The lowest BCUT2D eigenvalue weighted by Crippen LogP contribution is -2.38. The highest BCUT2D eigenvalue weighted by Gasteiger charge is 2.50. The van der Waals surface area contributed by atoms with Crippen molar-refractivity contribution in [2.75, 3.05) is 23.5 Å². The fraction of sp³-hybridized carbons (Fsp3) is 0.333. The van der Waals surface area contributed by atoms with Crippen molar-refractivity contribution in [2.24, 2.45) is 4.99 Å². The van der Waals surface area contributed by atoms with E-state index in [0.717, 1.165) is 0 Å². The maximum atomic E-state index is 12.8. The SMILES string of the molecule is COc1ccccc1N1C(=NC(=O)C(C)Oc2ccccc2)SC2CS(=O)(=O)CC21. The van der Waals surface area contributed by atoms with Crippen molar-refractivity contribution in [1.29, 1.82) is 0 Å². The first-order valence-electron chi connectivity index (χ1n) is 9.51. The normalized spacial score (nSPS) is 24.5. The molecule has 0 radical (unpaired) electrons. The van der Waals surface area contributed by atoms with Gasteiger partial charge in [-0.2, -0.15) is 4.99 Å². The quantitative estimate of drug-likeness (QED) is 0.698. The van der Waals surface area contributed by atoms with Gasteiger partial charge < -0.3 is 14.4 Å². The Morgan fingerprint density at radius 3 is 2.57 bits per heavy atom. The van der Waals surface area contributed by atoms with Gasteiger partial charge in [0.2, 0.25) is 0 Å². The van der Waals surface area contributed by atoms with Crippen LogP contribution in [0, 0.1) is 0 Å². The molecule has 9 heteroatoms. The van der Waals surface area contributed by atoms with Crippen LogP contribution in [0.3, 0.4) is 0 Å². The Labute approximate surface area is 180 Å². The number of thioether (sulfide) groups is 1. The highest BCUT2D eigenvalue weighted by Crippen LogP contribution is 2.43. The minimum absolute atomic E-state index is 0.0198. The molecule has 2 fully saturated rings. The Bertz CT molecular complexity index is 1070. The number of nitrogens with zero attached hydrogens (tertiary/aromatic N) is 2. The number of sulfone groups is 1. The summed E-state index contributed by atoms with van der Waals surface area (Å²) in [5, 5.41) is 0.287. The lowest BCUT2D eigenvalue weighted by molar-refractivity contribution is -0.123. The zero-order valence-corrected chi connectivity index (χ0v) is 18.2. The number of amidine groups is 1. The van der Waals surface area contributed by atoms with Gasteiger partial charge in [0, 0.05) is 5.25 Å². The minimum atomic E-state index is -3.14. The van der Waals surface area contributed by atoms with E-state index < -0.39 is 21.8 Å². The summed E-state index contributed by atoms with van der Waals surface area (Å²) in [4.78, 5) is 18.9. The molecule has 2 saturated heterocycles. The summed E-state index contributed by atoms with van der Waals surface area (Å²) >= 11 is 1.32. The van der Waals surface area contributed by atoms with Gasteiger partial charge >= 0.3 is 0 Å². The van der Waals surface area contributed by atoms with Gasteiger partial charge in [0.15, 0.2) is 21.1 Å². The van der Waals surface area contributed by atoms with E-state index in [1.807, 2.05) is 41.3 Å². The molecule has 0 bridgehead atoms. The van der Waals surface area contributed by atoms with E-state index in [0.29, 0.717) is 22.4 Å². The standard InChI is InChI=1S/C21H22N2O5S2/c1-14(28-15-8-4-3-5-9-15)20(24)22-21-23(16-10-6-7-11-18(16)27-2)17-12-30(25,26)13-19(17)29-21/h3-11,14,17,19H,12-13H2,1-2H3. The van der Waals surface area contributed by atoms with Gasteiger partial charge in [0.1, 0.15) is 11.5 Å². The molecule has 0 aromatic heterocycles. The second-order valence-corrected chi connectivity index (χ2v) is 10.5. The Kier molecular flexibility index (Phi) is 5.75. The van der Waals surface area contributed by atoms with E-state index in [2.05, 4.69) is 4.99 Å². The molecule has 4 rings (SSSR count). The summed E-state index contributed by atoms with van der Waals surface area (Å²) in [7, 11) is -1.58. The molecule has 3 atom stereocenters. The topological polar surface area (TPSA) is 85.3 Å². The molecule has 158 valence electrons. The van der Waals surface area contributed by atoms with Crippen molar-refractivity contribution >= 4 is 38.4 Å². The van der Waals surface area contributed by atoms with Crippen molar-refractivity contribution in [2.45, 2.75) is 24.3 Å². The number of hydrogen-bond donors (Lipinski definition) is 0. The second-order valence-electron chi connectivity index (χ2n) is 7.15. The van der Waals surface area contributed by atoms with Gasteiger partial charge in [-0.05, 0) is 31.2 Å². The molecule has 3 unspecified atom stereocenters. The fourth-order valence-corrected chi connectivity index (χ4v) is 7.53. The van der Waals surface area contributed by atoms with Crippen LogP contribution in [-0.4, -0.2) is 55.5 Å². The lowest BCUT2D eigenvalue weighted by Gasteiger charge is -2.26.